The molecule has 0 spiro atoms. The molecule has 152 valence electrons. The molecule has 2 aromatic carbocycles. The minimum Gasteiger partial charge on any atom is -0.509 e. The number of para-hydroxylation sites is 4. The van der Waals surface area contributed by atoms with Gasteiger partial charge in [-0.15, -0.1) is 0 Å². The van der Waals surface area contributed by atoms with Gasteiger partial charge in [-0.3, -0.25) is 15.0 Å². The van der Waals surface area contributed by atoms with Gasteiger partial charge < -0.3 is 15.0 Å². The van der Waals surface area contributed by atoms with Gasteiger partial charge in [0.2, 0.25) is 0 Å². The van der Waals surface area contributed by atoms with Crippen LogP contribution in [0, 0.1) is 21.4 Å². The number of rotatable bonds is 5. The van der Waals surface area contributed by atoms with Crippen LogP contribution < -0.4 is 4.90 Å². The van der Waals surface area contributed by atoms with E-state index >= 15 is 0 Å². The van der Waals surface area contributed by atoms with Gasteiger partial charge in [-0.2, -0.15) is 5.26 Å². The SMILES string of the molecule is N#CC(=C(O)CN1CCN(c2ccccc2[N+](=O)[O-])CC1)c1nc2ccccc2[nH]1. The highest BCUT2D eigenvalue weighted by Gasteiger charge is 2.24. The van der Waals surface area contributed by atoms with Gasteiger partial charge >= 0.3 is 0 Å². The summed E-state index contributed by atoms with van der Waals surface area (Å²) in [7, 11) is 0. The van der Waals surface area contributed by atoms with Crippen LogP contribution in [0.25, 0.3) is 16.6 Å². The van der Waals surface area contributed by atoms with Gasteiger partial charge in [0.15, 0.2) is 5.82 Å². The Morgan fingerprint density at radius 1 is 1.17 bits per heavy atom. The van der Waals surface area contributed by atoms with Crippen molar-refractivity contribution in [3.05, 3.63) is 70.2 Å². The molecule has 9 heteroatoms. The average molecular weight is 404 g/mol. The van der Waals surface area contributed by atoms with Crippen LogP contribution in [0.2, 0.25) is 0 Å². The maximum Gasteiger partial charge on any atom is 0.292 e. The Hall–Kier alpha value is -3.90. The Labute approximate surface area is 172 Å². The number of aromatic amines is 1. The standard InChI is InChI=1S/C21H20N6O3/c22-13-15(21-23-16-5-1-2-6-17(16)24-21)20(28)14-25-9-11-26(12-10-25)18-7-3-4-8-19(18)27(29)30/h1-8,28H,9-12,14H2,(H,23,24). The lowest BCUT2D eigenvalue weighted by molar-refractivity contribution is -0.384. The first kappa shape index (κ1) is 19.4. The molecular formula is C21H20N6O3. The van der Waals surface area contributed by atoms with Crippen molar-refractivity contribution in [3.8, 4) is 6.07 Å². The molecule has 0 saturated carbocycles. The number of nitrogens with one attached hydrogen (secondary N) is 1. The first-order valence-corrected chi connectivity index (χ1v) is 9.55. The summed E-state index contributed by atoms with van der Waals surface area (Å²) in [6, 6.07) is 16.2. The van der Waals surface area contributed by atoms with Crippen molar-refractivity contribution in [3.63, 3.8) is 0 Å². The Morgan fingerprint density at radius 3 is 2.57 bits per heavy atom. The number of aliphatic hydroxyl groups excluding tert-OH is 1. The van der Waals surface area contributed by atoms with Crippen molar-refractivity contribution in [1.29, 1.82) is 5.26 Å². The van der Waals surface area contributed by atoms with E-state index in [1.54, 1.807) is 18.2 Å². The van der Waals surface area contributed by atoms with Crippen molar-refractivity contribution in [2.75, 3.05) is 37.6 Å². The Kier molecular flexibility index (Phi) is 5.32. The summed E-state index contributed by atoms with van der Waals surface area (Å²) in [4.78, 5) is 22.3. The molecule has 0 amide bonds. The molecule has 0 bridgehead atoms. The fourth-order valence-corrected chi connectivity index (χ4v) is 3.65. The number of piperazine rings is 1. The van der Waals surface area contributed by atoms with Gasteiger partial charge in [-0.1, -0.05) is 24.3 Å². The Bertz CT molecular complexity index is 1120. The summed E-state index contributed by atoms with van der Waals surface area (Å²) >= 11 is 0. The van der Waals surface area contributed by atoms with Crippen LogP contribution in [-0.2, 0) is 0 Å². The topological polar surface area (TPSA) is 122 Å². The van der Waals surface area contributed by atoms with E-state index in [2.05, 4.69) is 9.97 Å². The number of fused-ring (bicyclic) bond motifs is 1. The predicted octanol–water partition coefficient (Wildman–Crippen LogP) is 3.09. The highest BCUT2D eigenvalue weighted by atomic mass is 16.6. The zero-order valence-corrected chi connectivity index (χ0v) is 16.2. The molecule has 2 N–H and O–H groups in total. The third-order valence-electron chi connectivity index (χ3n) is 5.19. The number of aromatic nitrogens is 2. The molecule has 0 aliphatic carbocycles. The van der Waals surface area contributed by atoms with Crippen LogP contribution in [0.1, 0.15) is 5.82 Å². The van der Waals surface area contributed by atoms with Crippen molar-refractivity contribution >= 4 is 28.0 Å². The monoisotopic (exact) mass is 404 g/mol. The molecule has 9 nitrogen and oxygen atoms in total. The molecule has 1 fully saturated rings. The molecule has 2 heterocycles. The molecule has 1 aliphatic heterocycles. The van der Waals surface area contributed by atoms with Crippen LogP contribution in [-0.4, -0.2) is 57.6 Å². The second-order valence-corrected chi connectivity index (χ2v) is 7.05. The van der Waals surface area contributed by atoms with Gasteiger partial charge in [0.05, 0.1) is 22.5 Å². The number of hydrogen-bond donors (Lipinski definition) is 2. The summed E-state index contributed by atoms with van der Waals surface area (Å²) in [6.45, 7) is 2.60. The number of nitrogens with zero attached hydrogens (tertiary/aromatic N) is 5. The van der Waals surface area contributed by atoms with E-state index in [-0.39, 0.29) is 28.5 Å². The number of nitriles is 1. The molecular weight excluding hydrogens is 384 g/mol. The number of aliphatic hydroxyl groups is 1. The second kappa shape index (κ2) is 8.23. The smallest absolute Gasteiger partial charge is 0.292 e. The third-order valence-corrected chi connectivity index (χ3v) is 5.19. The summed E-state index contributed by atoms with van der Waals surface area (Å²) < 4.78 is 0. The number of H-pyrrole nitrogens is 1. The van der Waals surface area contributed by atoms with E-state index < -0.39 is 0 Å². The van der Waals surface area contributed by atoms with E-state index in [1.165, 1.54) is 6.07 Å². The van der Waals surface area contributed by atoms with Gasteiger partial charge in [0, 0.05) is 32.2 Å². The lowest BCUT2D eigenvalue weighted by Gasteiger charge is -2.35. The quantitative estimate of drug-likeness (QED) is 0.290. The first-order chi connectivity index (χ1) is 14.6. The first-order valence-electron chi connectivity index (χ1n) is 9.55. The number of benzene rings is 2. The van der Waals surface area contributed by atoms with Crippen LogP contribution >= 0.6 is 0 Å². The van der Waals surface area contributed by atoms with E-state index in [0.717, 1.165) is 11.0 Å². The normalized spacial score (nSPS) is 15.6. The molecule has 0 atom stereocenters. The third kappa shape index (κ3) is 3.81. The van der Waals surface area contributed by atoms with E-state index in [9.17, 15) is 20.5 Å². The summed E-state index contributed by atoms with van der Waals surface area (Å²) in [5, 5.41) is 31.4. The van der Waals surface area contributed by atoms with Crippen molar-refractivity contribution in [2.45, 2.75) is 0 Å². The average Bonchev–Trinajstić information content (AvgIpc) is 3.18. The number of imidazole rings is 1. The molecule has 30 heavy (non-hydrogen) atoms. The van der Waals surface area contributed by atoms with E-state index in [0.29, 0.717) is 37.7 Å². The fourth-order valence-electron chi connectivity index (χ4n) is 3.65. The zero-order chi connectivity index (χ0) is 21.1. The number of anilines is 1. The Morgan fingerprint density at radius 2 is 1.87 bits per heavy atom. The van der Waals surface area contributed by atoms with Gasteiger partial charge in [0.25, 0.3) is 5.69 Å². The summed E-state index contributed by atoms with van der Waals surface area (Å²) in [5.41, 5.74) is 2.33. The molecule has 1 saturated heterocycles. The number of hydrogen-bond acceptors (Lipinski definition) is 7. The molecule has 1 aliphatic rings. The summed E-state index contributed by atoms with van der Waals surface area (Å²) in [5.74, 6) is 0.297. The minimum absolute atomic E-state index is 0.0457. The number of allylic oxidation sites excluding steroid dienone is 1. The predicted molar refractivity (Wildman–Crippen MR) is 113 cm³/mol. The highest BCUT2D eigenvalue weighted by molar-refractivity contribution is 5.82. The second-order valence-electron chi connectivity index (χ2n) is 7.05. The highest BCUT2D eigenvalue weighted by Crippen LogP contribution is 2.28. The maximum absolute atomic E-state index is 11.3. The largest absolute Gasteiger partial charge is 0.509 e. The molecule has 1 aromatic heterocycles. The minimum atomic E-state index is -0.372. The molecule has 4 rings (SSSR count). The van der Waals surface area contributed by atoms with Gasteiger partial charge in [-0.25, -0.2) is 4.98 Å². The molecule has 0 unspecified atom stereocenters. The van der Waals surface area contributed by atoms with Crippen LogP contribution in [0.5, 0.6) is 0 Å². The van der Waals surface area contributed by atoms with Crippen LogP contribution in [0.4, 0.5) is 11.4 Å². The van der Waals surface area contributed by atoms with E-state index in [4.69, 9.17) is 0 Å². The maximum atomic E-state index is 11.3. The summed E-state index contributed by atoms with van der Waals surface area (Å²) in [6.07, 6.45) is 0. The van der Waals surface area contributed by atoms with E-state index in [1.807, 2.05) is 40.1 Å². The molecule has 0 radical (unpaired) electrons. The fraction of sp³-hybridized carbons (Fsp3) is 0.238. The van der Waals surface area contributed by atoms with Crippen molar-refractivity contribution in [2.24, 2.45) is 0 Å². The van der Waals surface area contributed by atoms with Crippen LogP contribution in [0.15, 0.2) is 54.3 Å². The number of nitro benzene ring substituents is 1. The zero-order valence-electron chi connectivity index (χ0n) is 16.2. The Balaban J connectivity index is 1.46. The van der Waals surface area contributed by atoms with Gasteiger partial charge in [-0.05, 0) is 18.2 Å². The van der Waals surface area contributed by atoms with Crippen LogP contribution in [0.3, 0.4) is 0 Å². The number of nitro groups is 1. The van der Waals surface area contributed by atoms with Crippen molar-refractivity contribution < 1.29 is 10.0 Å². The lowest BCUT2D eigenvalue weighted by Crippen LogP contribution is -2.47. The van der Waals surface area contributed by atoms with Gasteiger partial charge in [0.1, 0.15) is 23.1 Å². The lowest BCUT2D eigenvalue weighted by atomic mass is 10.2. The van der Waals surface area contributed by atoms with Crippen molar-refractivity contribution in [1.82, 2.24) is 14.9 Å². The molecule has 3 aromatic rings.